The van der Waals surface area contributed by atoms with Crippen LogP contribution < -0.4 is 14.4 Å². The summed E-state index contributed by atoms with van der Waals surface area (Å²) in [6, 6.07) is 9.64. The Morgan fingerprint density at radius 3 is 2.83 bits per heavy atom. The third kappa shape index (κ3) is 4.28. The molecule has 2 aliphatic heterocycles. The summed E-state index contributed by atoms with van der Waals surface area (Å²) < 4.78 is 10.5. The van der Waals surface area contributed by atoms with Crippen molar-refractivity contribution in [1.82, 2.24) is 14.9 Å². The molecule has 2 aliphatic rings. The van der Waals surface area contributed by atoms with E-state index in [9.17, 15) is 4.79 Å². The van der Waals surface area contributed by atoms with Crippen LogP contribution in [0, 0.1) is 5.41 Å². The van der Waals surface area contributed by atoms with Gasteiger partial charge >= 0.3 is 0 Å². The molecule has 3 heterocycles. The average Bonchev–Trinajstić information content (AvgIpc) is 3.17. The summed E-state index contributed by atoms with van der Waals surface area (Å²) in [5.74, 6) is 2.46. The van der Waals surface area contributed by atoms with Gasteiger partial charge in [0.1, 0.15) is 17.9 Å². The van der Waals surface area contributed by atoms with E-state index in [1.54, 1.807) is 20.5 Å². The summed E-state index contributed by atoms with van der Waals surface area (Å²) in [6.07, 6.45) is 5.25. The summed E-state index contributed by atoms with van der Waals surface area (Å²) in [7, 11) is 3.26. The molecule has 7 nitrogen and oxygen atoms in total. The monoisotopic (exact) mass is 396 g/mol. The first-order valence-corrected chi connectivity index (χ1v) is 10.1. The Bertz CT molecular complexity index is 875. The van der Waals surface area contributed by atoms with Gasteiger partial charge in [-0.05, 0) is 37.0 Å². The van der Waals surface area contributed by atoms with Crippen LogP contribution in [0.3, 0.4) is 0 Å². The van der Waals surface area contributed by atoms with E-state index in [0.29, 0.717) is 12.3 Å². The minimum absolute atomic E-state index is 0.139. The lowest BCUT2D eigenvalue weighted by Gasteiger charge is -2.41. The standard InChI is InChI=1S/C22H28N4O3/c1-28-18-6-3-5-17(11-18)12-21(27)26-10-8-22(15-26)7-4-9-25(14-22)19-13-20(29-2)24-16-23-19/h3,5-6,11,13,16H,4,7-10,12,14-15H2,1-2H3/t22-/m1/s1. The molecule has 0 bridgehead atoms. The lowest BCUT2D eigenvalue weighted by atomic mass is 9.79. The van der Waals surface area contributed by atoms with E-state index in [0.717, 1.165) is 62.6 Å². The fourth-order valence-corrected chi connectivity index (χ4v) is 4.57. The molecular formula is C22H28N4O3. The molecule has 1 amide bonds. The maximum Gasteiger partial charge on any atom is 0.227 e. The van der Waals surface area contributed by atoms with Crippen molar-refractivity contribution in [2.75, 3.05) is 45.3 Å². The molecule has 0 aliphatic carbocycles. The van der Waals surface area contributed by atoms with Crippen molar-refractivity contribution in [3.05, 3.63) is 42.2 Å². The van der Waals surface area contributed by atoms with Gasteiger partial charge in [-0.3, -0.25) is 4.79 Å². The van der Waals surface area contributed by atoms with Crippen molar-refractivity contribution in [1.29, 1.82) is 0 Å². The fourth-order valence-electron chi connectivity index (χ4n) is 4.57. The molecule has 1 aromatic heterocycles. The number of hydrogen-bond donors (Lipinski definition) is 0. The number of carbonyl (C=O) groups is 1. The molecule has 0 unspecified atom stereocenters. The number of amides is 1. The summed E-state index contributed by atoms with van der Waals surface area (Å²) >= 11 is 0. The van der Waals surface area contributed by atoms with Crippen molar-refractivity contribution in [3.63, 3.8) is 0 Å². The van der Waals surface area contributed by atoms with Gasteiger partial charge in [0.15, 0.2) is 0 Å². The van der Waals surface area contributed by atoms with E-state index < -0.39 is 0 Å². The van der Waals surface area contributed by atoms with E-state index in [2.05, 4.69) is 14.9 Å². The number of anilines is 1. The summed E-state index contributed by atoms with van der Waals surface area (Å²) in [6.45, 7) is 3.52. The number of ether oxygens (including phenoxy) is 2. The number of benzene rings is 1. The summed E-state index contributed by atoms with van der Waals surface area (Å²) in [5.41, 5.74) is 1.13. The molecule has 4 rings (SSSR count). The normalized spacial score (nSPS) is 21.4. The van der Waals surface area contributed by atoms with Crippen LogP contribution >= 0.6 is 0 Å². The molecule has 29 heavy (non-hydrogen) atoms. The minimum atomic E-state index is 0.139. The van der Waals surface area contributed by atoms with Crippen LogP contribution in [-0.4, -0.2) is 61.2 Å². The SMILES string of the molecule is COc1cccc(CC(=O)N2CC[C@@]3(CCCN(c4cc(OC)ncn4)C3)C2)c1. The molecule has 2 saturated heterocycles. The Morgan fingerprint density at radius 1 is 1.10 bits per heavy atom. The minimum Gasteiger partial charge on any atom is -0.497 e. The van der Waals surface area contributed by atoms with Crippen LogP contribution in [0.1, 0.15) is 24.8 Å². The van der Waals surface area contributed by atoms with E-state index in [4.69, 9.17) is 9.47 Å². The number of carbonyl (C=O) groups excluding carboxylic acids is 1. The maximum atomic E-state index is 12.9. The first-order chi connectivity index (χ1) is 14.1. The van der Waals surface area contributed by atoms with Gasteiger partial charge in [-0.1, -0.05) is 12.1 Å². The molecule has 0 saturated carbocycles. The number of aromatic nitrogens is 2. The first-order valence-electron chi connectivity index (χ1n) is 10.1. The second-order valence-corrected chi connectivity index (χ2v) is 8.04. The second kappa shape index (κ2) is 8.27. The Kier molecular flexibility index (Phi) is 5.56. The zero-order valence-electron chi connectivity index (χ0n) is 17.1. The smallest absolute Gasteiger partial charge is 0.227 e. The highest BCUT2D eigenvalue weighted by Gasteiger charge is 2.43. The van der Waals surface area contributed by atoms with E-state index in [1.165, 1.54) is 0 Å². The number of rotatable bonds is 5. The molecule has 2 aromatic rings. The van der Waals surface area contributed by atoms with Crippen molar-refractivity contribution >= 4 is 11.7 Å². The molecule has 2 fully saturated rings. The van der Waals surface area contributed by atoms with Crippen molar-refractivity contribution in [2.24, 2.45) is 5.41 Å². The van der Waals surface area contributed by atoms with Crippen LogP contribution in [0.4, 0.5) is 5.82 Å². The Labute approximate surface area is 171 Å². The number of nitrogens with zero attached hydrogens (tertiary/aromatic N) is 4. The third-order valence-electron chi connectivity index (χ3n) is 6.10. The lowest BCUT2D eigenvalue weighted by molar-refractivity contribution is -0.129. The average molecular weight is 396 g/mol. The number of hydrogen-bond acceptors (Lipinski definition) is 6. The van der Waals surface area contributed by atoms with E-state index >= 15 is 0 Å². The largest absolute Gasteiger partial charge is 0.497 e. The summed E-state index contributed by atoms with van der Waals surface area (Å²) in [4.78, 5) is 25.8. The van der Waals surface area contributed by atoms with Crippen molar-refractivity contribution in [3.8, 4) is 11.6 Å². The Hall–Kier alpha value is -2.83. The van der Waals surface area contributed by atoms with Gasteiger partial charge in [-0.15, -0.1) is 0 Å². The Morgan fingerprint density at radius 2 is 2.00 bits per heavy atom. The predicted octanol–water partition coefficient (Wildman–Crippen LogP) is 2.56. The van der Waals surface area contributed by atoms with Gasteiger partial charge in [-0.2, -0.15) is 0 Å². The molecule has 0 N–H and O–H groups in total. The van der Waals surface area contributed by atoms with E-state index in [-0.39, 0.29) is 11.3 Å². The molecular weight excluding hydrogens is 368 g/mol. The number of methoxy groups -OCH3 is 2. The van der Waals surface area contributed by atoms with Gasteiger partial charge in [-0.25, -0.2) is 9.97 Å². The second-order valence-electron chi connectivity index (χ2n) is 8.04. The third-order valence-corrected chi connectivity index (χ3v) is 6.10. The van der Waals surface area contributed by atoms with Gasteiger partial charge in [0.2, 0.25) is 11.8 Å². The van der Waals surface area contributed by atoms with Crippen LogP contribution in [0.25, 0.3) is 0 Å². The molecule has 1 atom stereocenters. The zero-order chi connectivity index (χ0) is 20.3. The highest BCUT2D eigenvalue weighted by molar-refractivity contribution is 5.79. The van der Waals surface area contributed by atoms with Gasteiger partial charge < -0.3 is 19.3 Å². The zero-order valence-corrected chi connectivity index (χ0v) is 17.1. The van der Waals surface area contributed by atoms with Gasteiger partial charge in [0, 0.05) is 37.7 Å². The molecule has 1 aromatic carbocycles. The summed E-state index contributed by atoms with van der Waals surface area (Å²) in [5, 5.41) is 0. The Balaban J connectivity index is 1.41. The van der Waals surface area contributed by atoms with Gasteiger partial charge in [0.05, 0.1) is 20.6 Å². The fraction of sp³-hybridized carbons (Fsp3) is 0.500. The maximum absolute atomic E-state index is 12.9. The molecule has 0 radical (unpaired) electrons. The quantitative estimate of drug-likeness (QED) is 0.774. The van der Waals surface area contributed by atoms with Crippen LogP contribution in [0.5, 0.6) is 11.6 Å². The topological polar surface area (TPSA) is 67.8 Å². The highest BCUT2D eigenvalue weighted by Crippen LogP contribution is 2.40. The van der Waals surface area contributed by atoms with Gasteiger partial charge in [0.25, 0.3) is 0 Å². The molecule has 154 valence electrons. The van der Waals surface area contributed by atoms with Crippen molar-refractivity contribution < 1.29 is 14.3 Å². The lowest BCUT2D eigenvalue weighted by Crippen LogP contribution is -2.46. The van der Waals surface area contributed by atoms with Crippen molar-refractivity contribution in [2.45, 2.75) is 25.7 Å². The van der Waals surface area contributed by atoms with E-state index in [1.807, 2.05) is 35.2 Å². The molecule has 1 spiro atoms. The number of piperidine rings is 1. The number of likely N-dealkylation sites (tertiary alicyclic amines) is 1. The highest BCUT2D eigenvalue weighted by atomic mass is 16.5. The van der Waals surface area contributed by atoms with Crippen LogP contribution in [0.15, 0.2) is 36.7 Å². The van der Waals surface area contributed by atoms with Crippen LogP contribution in [-0.2, 0) is 11.2 Å². The van der Waals surface area contributed by atoms with Crippen LogP contribution in [0.2, 0.25) is 0 Å². The predicted molar refractivity (Wildman–Crippen MR) is 110 cm³/mol. The first kappa shape index (κ1) is 19.5. The molecule has 7 heteroatoms.